The lowest BCUT2D eigenvalue weighted by atomic mass is 10.0. The fourth-order valence-electron chi connectivity index (χ4n) is 1.20. The smallest absolute Gasteiger partial charge is 0.0901 e. The largest absolute Gasteiger partial charge is 0.394 e. The van der Waals surface area contributed by atoms with Crippen LogP contribution in [0.3, 0.4) is 0 Å². The zero-order valence-corrected chi connectivity index (χ0v) is 23.3. The van der Waals surface area contributed by atoms with Gasteiger partial charge in [-0.1, -0.05) is 0 Å². The molecule has 0 aromatic rings. The Hall–Kier alpha value is -0.520. The molecule has 0 radical (unpaired) electrons. The van der Waals surface area contributed by atoms with Gasteiger partial charge in [0.15, 0.2) is 0 Å². The predicted octanol–water partition coefficient (Wildman–Crippen LogP) is -4.47. The SMILES string of the molecule is CN(C)C(C)(C)CO.CN(C)C(C)(CO)CO.CN(C)C(CO)(CO)CO.NC(CO)(CO)CO. The summed E-state index contributed by atoms with van der Waals surface area (Å²) in [6.45, 7) is 4.02. The van der Waals surface area contributed by atoms with Gasteiger partial charge < -0.3 is 56.6 Å². The average molecular weight is 521 g/mol. The molecular weight excluding hydrogens is 464 g/mol. The first kappa shape index (κ1) is 41.6. The van der Waals surface area contributed by atoms with Gasteiger partial charge >= 0.3 is 0 Å². The second-order valence-corrected chi connectivity index (χ2v) is 10.0. The van der Waals surface area contributed by atoms with Crippen LogP contribution >= 0.6 is 0 Å². The van der Waals surface area contributed by atoms with Crippen LogP contribution in [0, 0.1) is 0 Å². The van der Waals surface area contributed by atoms with Gasteiger partial charge in [-0.2, -0.15) is 0 Å². The standard InChI is InChI=1S/C6H15NO3.C6H15NO2.C6H15NO.C4H11NO3/c1-7(2)6(3-8,4-9)5-10;1-6(4-8,5-9)7(2)3;1-6(2,5-8)7(3)4;5-4(1-6,2-7)3-8/h8-10H,3-5H2,1-2H3;8-9H,4-5H2,1-3H3;8H,5H2,1-4H3;6-8H,1-3,5H2. The summed E-state index contributed by atoms with van der Waals surface area (Å²) in [6, 6.07) is 0. The van der Waals surface area contributed by atoms with Crippen LogP contribution in [0.4, 0.5) is 0 Å². The average Bonchev–Trinajstić information content (AvgIpc) is 2.85. The first-order valence-electron chi connectivity index (χ1n) is 11.2. The van der Waals surface area contributed by atoms with Crippen molar-refractivity contribution in [3.05, 3.63) is 0 Å². The summed E-state index contributed by atoms with van der Waals surface area (Å²) in [5, 5.41) is 77.6. The maximum Gasteiger partial charge on any atom is 0.0901 e. The number of nitrogens with two attached hydrogens (primary N) is 1. The molecule has 0 rings (SSSR count). The Bertz CT molecular complexity index is 445. The van der Waals surface area contributed by atoms with Gasteiger partial charge in [0, 0.05) is 5.54 Å². The van der Waals surface area contributed by atoms with E-state index in [1.807, 2.05) is 46.9 Å². The number of likely N-dealkylation sites (N-methyl/N-ethyl adjacent to an activating group) is 3. The molecule has 13 nitrogen and oxygen atoms in total. The van der Waals surface area contributed by atoms with Crippen LogP contribution in [0.5, 0.6) is 0 Å². The van der Waals surface area contributed by atoms with Crippen molar-refractivity contribution in [1.82, 2.24) is 14.7 Å². The maximum absolute atomic E-state index is 8.79. The van der Waals surface area contributed by atoms with Gasteiger partial charge in [-0.05, 0) is 63.1 Å². The molecule has 0 amide bonds. The zero-order chi connectivity index (χ0) is 29.1. The van der Waals surface area contributed by atoms with E-state index in [2.05, 4.69) is 0 Å². The van der Waals surface area contributed by atoms with E-state index in [0.29, 0.717) is 0 Å². The number of rotatable bonds is 12. The van der Waals surface area contributed by atoms with Crippen LogP contribution in [-0.2, 0) is 0 Å². The summed E-state index contributed by atoms with van der Waals surface area (Å²) in [7, 11) is 11.0. The number of aliphatic hydroxyl groups is 9. The van der Waals surface area contributed by atoms with Gasteiger partial charge in [0.25, 0.3) is 0 Å². The van der Waals surface area contributed by atoms with Crippen molar-refractivity contribution in [2.45, 2.75) is 42.9 Å². The fraction of sp³-hybridized carbons (Fsp3) is 1.00. The minimum Gasteiger partial charge on any atom is -0.394 e. The lowest BCUT2D eigenvalue weighted by Gasteiger charge is -2.34. The highest BCUT2D eigenvalue weighted by Gasteiger charge is 2.30. The van der Waals surface area contributed by atoms with Crippen LogP contribution in [0.1, 0.15) is 20.8 Å². The van der Waals surface area contributed by atoms with Crippen molar-refractivity contribution in [3.63, 3.8) is 0 Å². The third-order valence-corrected chi connectivity index (χ3v) is 6.13. The molecule has 0 heterocycles. The number of hydrogen-bond donors (Lipinski definition) is 10. The summed E-state index contributed by atoms with van der Waals surface area (Å²) in [4.78, 5) is 5.40. The van der Waals surface area contributed by atoms with Gasteiger partial charge in [-0.15, -0.1) is 0 Å². The minimum atomic E-state index is -1.21. The quantitative estimate of drug-likeness (QED) is 0.118. The zero-order valence-electron chi connectivity index (χ0n) is 23.3. The topological polar surface area (TPSA) is 218 Å². The van der Waals surface area contributed by atoms with Gasteiger partial charge in [-0.3, -0.25) is 9.80 Å². The number of hydrogen-bond acceptors (Lipinski definition) is 13. The van der Waals surface area contributed by atoms with Crippen LogP contribution in [-0.4, -0.2) is 185 Å². The molecule has 0 saturated carbocycles. The molecule has 0 aliphatic rings. The Morgan fingerprint density at radius 1 is 0.457 bits per heavy atom. The Balaban J connectivity index is -0.000000184. The molecule has 0 saturated heterocycles. The molecule has 0 atom stereocenters. The summed E-state index contributed by atoms with van der Waals surface area (Å²) in [6.07, 6.45) is 0. The Kier molecular flexibility index (Phi) is 24.4. The maximum atomic E-state index is 8.79. The van der Waals surface area contributed by atoms with Gasteiger partial charge in [0.1, 0.15) is 0 Å². The van der Waals surface area contributed by atoms with Crippen LogP contribution in [0.2, 0.25) is 0 Å². The summed E-state index contributed by atoms with van der Waals surface area (Å²) < 4.78 is 0. The second-order valence-electron chi connectivity index (χ2n) is 10.0. The van der Waals surface area contributed by atoms with E-state index in [4.69, 9.17) is 51.7 Å². The van der Waals surface area contributed by atoms with Crippen molar-refractivity contribution in [2.75, 3.05) is 102 Å². The van der Waals surface area contributed by atoms with Gasteiger partial charge in [0.2, 0.25) is 0 Å². The van der Waals surface area contributed by atoms with Crippen molar-refractivity contribution >= 4 is 0 Å². The molecule has 0 spiro atoms. The van der Waals surface area contributed by atoms with E-state index in [9.17, 15) is 0 Å². The normalized spacial score (nSPS) is 12.5. The summed E-state index contributed by atoms with van der Waals surface area (Å²) >= 11 is 0. The molecule has 0 aromatic carbocycles. The third-order valence-electron chi connectivity index (χ3n) is 6.13. The van der Waals surface area contributed by atoms with E-state index in [1.54, 1.807) is 30.8 Å². The molecule has 0 fully saturated rings. The first-order valence-corrected chi connectivity index (χ1v) is 11.2. The fourth-order valence-corrected chi connectivity index (χ4v) is 1.20. The van der Waals surface area contributed by atoms with Gasteiger partial charge in [0.05, 0.1) is 76.1 Å². The highest BCUT2D eigenvalue weighted by molar-refractivity contribution is 4.85. The van der Waals surface area contributed by atoms with Crippen LogP contribution < -0.4 is 5.73 Å². The molecule has 0 aliphatic carbocycles. The molecular formula is C22H56N4O9. The van der Waals surface area contributed by atoms with Crippen LogP contribution in [0.25, 0.3) is 0 Å². The highest BCUT2D eigenvalue weighted by atomic mass is 16.3. The van der Waals surface area contributed by atoms with Crippen molar-refractivity contribution < 1.29 is 46.0 Å². The molecule has 0 aromatic heterocycles. The van der Waals surface area contributed by atoms with E-state index in [1.165, 1.54) is 0 Å². The predicted molar refractivity (Wildman–Crippen MR) is 137 cm³/mol. The van der Waals surface area contributed by atoms with E-state index in [0.717, 1.165) is 0 Å². The molecule has 13 heteroatoms. The Labute approximate surface area is 211 Å². The van der Waals surface area contributed by atoms with Crippen molar-refractivity contribution in [1.29, 1.82) is 0 Å². The molecule has 35 heavy (non-hydrogen) atoms. The lowest BCUT2D eigenvalue weighted by Crippen LogP contribution is -2.53. The van der Waals surface area contributed by atoms with Gasteiger partial charge in [-0.25, -0.2) is 0 Å². The first-order chi connectivity index (χ1) is 15.9. The third kappa shape index (κ3) is 16.8. The van der Waals surface area contributed by atoms with E-state index < -0.39 is 36.4 Å². The Morgan fingerprint density at radius 2 is 0.771 bits per heavy atom. The monoisotopic (exact) mass is 520 g/mol. The molecule has 0 unspecified atom stereocenters. The lowest BCUT2D eigenvalue weighted by molar-refractivity contribution is -0.0224. The number of nitrogens with zero attached hydrogens (tertiary/aromatic N) is 3. The van der Waals surface area contributed by atoms with Crippen LogP contribution in [0.15, 0.2) is 0 Å². The van der Waals surface area contributed by atoms with Crippen molar-refractivity contribution in [2.24, 2.45) is 5.73 Å². The minimum absolute atomic E-state index is 0.0174. The molecule has 0 bridgehead atoms. The highest BCUT2D eigenvalue weighted by Crippen LogP contribution is 2.09. The molecule has 11 N–H and O–H groups in total. The second kappa shape index (κ2) is 20.5. The number of aliphatic hydroxyl groups excluding tert-OH is 9. The van der Waals surface area contributed by atoms with E-state index >= 15 is 0 Å². The summed E-state index contributed by atoms with van der Waals surface area (Å²) in [5.41, 5.74) is 2.52. The summed E-state index contributed by atoms with van der Waals surface area (Å²) in [5.74, 6) is 0. The molecule has 218 valence electrons. The van der Waals surface area contributed by atoms with E-state index in [-0.39, 0.29) is 45.2 Å². The molecule has 0 aliphatic heterocycles. The Morgan fingerprint density at radius 3 is 0.771 bits per heavy atom. The van der Waals surface area contributed by atoms with Crippen molar-refractivity contribution in [3.8, 4) is 0 Å².